The molecule has 1 aliphatic rings. The van der Waals surface area contributed by atoms with Crippen molar-refractivity contribution in [1.82, 2.24) is 0 Å². The van der Waals surface area contributed by atoms with Crippen LogP contribution in [0, 0.1) is 22.6 Å². The van der Waals surface area contributed by atoms with Gasteiger partial charge < -0.3 is 10.0 Å². The maximum absolute atomic E-state index is 13.2. The molecule has 0 amide bonds. The van der Waals surface area contributed by atoms with Crippen LogP contribution < -0.4 is 4.90 Å². The fraction of sp³-hybridized carbons (Fsp3) is 0.467. The normalized spacial score (nSPS) is 22.4. The summed E-state index contributed by atoms with van der Waals surface area (Å²) in [6.45, 7) is 2.92. The van der Waals surface area contributed by atoms with Crippen molar-refractivity contribution in [1.29, 1.82) is 5.26 Å². The summed E-state index contributed by atoms with van der Waals surface area (Å²) in [6.07, 6.45) is 1.93. The van der Waals surface area contributed by atoms with Gasteiger partial charge in [-0.2, -0.15) is 5.26 Å². The van der Waals surface area contributed by atoms with Crippen molar-refractivity contribution in [2.75, 3.05) is 18.0 Å². The second kappa shape index (κ2) is 5.49. The number of hydrogen-bond donors (Lipinski definition) is 1. The van der Waals surface area contributed by atoms with E-state index >= 15 is 0 Å². The van der Waals surface area contributed by atoms with Crippen LogP contribution >= 0.6 is 0 Å². The van der Waals surface area contributed by atoms with E-state index in [1.54, 1.807) is 6.07 Å². The first-order valence-corrected chi connectivity index (χ1v) is 6.70. The van der Waals surface area contributed by atoms with Gasteiger partial charge in [0.25, 0.3) is 0 Å². The molecule has 1 heterocycles. The molecule has 20 heavy (non-hydrogen) atoms. The standard InChI is InChI=1S/C15H17FN2O2/c1-2-15(14(19)20)6-3-7-18(10-15)13-5-4-12(16)8-11(13)9-17/h4-5,8H,2-3,6-7,10H2,1H3,(H,19,20). The summed E-state index contributed by atoms with van der Waals surface area (Å²) in [7, 11) is 0. The molecule has 1 atom stereocenters. The van der Waals surface area contributed by atoms with Crippen LogP contribution in [0.3, 0.4) is 0 Å². The van der Waals surface area contributed by atoms with E-state index in [9.17, 15) is 14.3 Å². The van der Waals surface area contributed by atoms with Crippen LogP contribution in [0.25, 0.3) is 0 Å². The number of piperidine rings is 1. The van der Waals surface area contributed by atoms with Crippen molar-refractivity contribution in [3.05, 3.63) is 29.6 Å². The molecule has 1 aromatic carbocycles. The molecule has 0 aliphatic carbocycles. The highest BCUT2D eigenvalue weighted by Gasteiger charge is 2.41. The molecule has 1 aliphatic heterocycles. The fourth-order valence-electron chi connectivity index (χ4n) is 2.83. The highest BCUT2D eigenvalue weighted by atomic mass is 19.1. The summed E-state index contributed by atoms with van der Waals surface area (Å²) in [5, 5.41) is 18.6. The van der Waals surface area contributed by atoms with Crippen molar-refractivity contribution < 1.29 is 14.3 Å². The molecular weight excluding hydrogens is 259 g/mol. The number of benzene rings is 1. The van der Waals surface area contributed by atoms with E-state index in [2.05, 4.69) is 0 Å². The SMILES string of the molecule is CCC1(C(=O)O)CCCN(c2ccc(F)cc2C#N)C1. The van der Waals surface area contributed by atoms with Crippen molar-refractivity contribution in [2.24, 2.45) is 5.41 Å². The Morgan fingerprint density at radius 2 is 2.35 bits per heavy atom. The number of aliphatic carboxylic acids is 1. The van der Waals surface area contributed by atoms with Gasteiger partial charge in [0, 0.05) is 13.1 Å². The zero-order chi connectivity index (χ0) is 14.8. The Labute approximate surface area is 117 Å². The smallest absolute Gasteiger partial charge is 0.311 e. The number of carbonyl (C=O) groups is 1. The highest BCUT2D eigenvalue weighted by Crippen LogP contribution is 2.36. The zero-order valence-corrected chi connectivity index (χ0v) is 11.4. The first kappa shape index (κ1) is 14.3. The van der Waals surface area contributed by atoms with E-state index in [4.69, 9.17) is 5.26 Å². The zero-order valence-electron chi connectivity index (χ0n) is 11.4. The molecule has 1 aromatic rings. The van der Waals surface area contributed by atoms with Crippen LogP contribution in [0.15, 0.2) is 18.2 Å². The Morgan fingerprint density at radius 3 is 2.95 bits per heavy atom. The monoisotopic (exact) mass is 276 g/mol. The van der Waals surface area contributed by atoms with Gasteiger partial charge in [-0.15, -0.1) is 0 Å². The van der Waals surface area contributed by atoms with Gasteiger partial charge in [-0.05, 0) is 37.5 Å². The molecule has 106 valence electrons. The van der Waals surface area contributed by atoms with E-state index in [0.29, 0.717) is 31.6 Å². The molecule has 0 saturated carbocycles. The molecule has 0 radical (unpaired) electrons. The molecule has 0 spiro atoms. The van der Waals surface area contributed by atoms with Crippen molar-refractivity contribution in [3.63, 3.8) is 0 Å². The molecule has 1 fully saturated rings. The Morgan fingerprint density at radius 1 is 1.60 bits per heavy atom. The average Bonchev–Trinajstić information content (AvgIpc) is 2.46. The Hall–Kier alpha value is -2.09. The molecule has 1 N–H and O–H groups in total. The lowest BCUT2D eigenvalue weighted by molar-refractivity contribution is -0.149. The molecule has 1 saturated heterocycles. The minimum Gasteiger partial charge on any atom is -0.481 e. The number of carboxylic acids is 1. The van der Waals surface area contributed by atoms with Gasteiger partial charge in [-0.3, -0.25) is 4.79 Å². The van der Waals surface area contributed by atoms with Gasteiger partial charge in [0.15, 0.2) is 0 Å². The van der Waals surface area contributed by atoms with Gasteiger partial charge in [-0.25, -0.2) is 4.39 Å². The van der Waals surface area contributed by atoms with Gasteiger partial charge in [0.2, 0.25) is 0 Å². The number of rotatable bonds is 3. The van der Waals surface area contributed by atoms with Crippen molar-refractivity contribution in [3.8, 4) is 6.07 Å². The summed E-state index contributed by atoms with van der Waals surface area (Å²) in [5.74, 6) is -1.26. The van der Waals surface area contributed by atoms with Gasteiger partial charge in [-0.1, -0.05) is 6.92 Å². The molecular formula is C15H17FN2O2. The molecule has 1 unspecified atom stereocenters. The number of nitriles is 1. The topological polar surface area (TPSA) is 64.3 Å². The molecule has 5 heteroatoms. The lowest BCUT2D eigenvalue weighted by Crippen LogP contribution is -2.47. The molecule has 0 bridgehead atoms. The van der Waals surface area contributed by atoms with Crippen LogP contribution in [0.4, 0.5) is 10.1 Å². The quantitative estimate of drug-likeness (QED) is 0.922. The van der Waals surface area contributed by atoms with Gasteiger partial charge in [0.05, 0.1) is 16.7 Å². The second-order valence-electron chi connectivity index (χ2n) is 5.24. The summed E-state index contributed by atoms with van der Waals surface area (Å²) < 4.78 is 13.2. The largest absolute Gasteiger partial charge is 0.481 e. The van der Waals surface area contributed by atoms with E-state index < -0.39 is 17.2 Å². The lowest BCUT2D eigenvalue weighted by Gasteiger charge is -2.40. The number of halogens is 1. The predicted octanol–water partition coefficient (Wildman–Crippen LogP) is 2.78. The van der Waals surface area contributed by atoms with Gasteiger partial charge in [0.1, 0.15) is 11.9 Å². The highest BCUT2D eigenvalue weighted by molar-refractivity contribution is 5.76. The van der Waals surface area contributed by atoms with Crippen LogP contribution in [0.1, 0.15) is 31.7 Å². The third kappa shape index (κ3) is 2.46. The van der Waals surface area contributed by atoms with E-state index in [1.165, 1.54) is 12.1 Å². The van der Waals surface area contributed by atoms with Crippen molar-refractivity contribution in [2.45, 2.75) is 26.2 Å². The fourth-order valence-corrected chi connectivity index (χ4v) is 2.83. The maximum atomic E-state index is 13.2. The van der Waals surface area contributed by atoms with Crippen LogP contribution in [0.5, 0.6) is 0 Å². The number of anilines is 1. The minimum absolute atomic E-state index is 0.252. The number of carboxylic acid groups (broad SMARTS) is 1. The van der Waals surface area contributed by atoms with Crippen LogP contribution in [-0.4, -0.2) is 24.2 Å². The summed E-state index contributed by atoms with van der Waals surface area (Å²) in [6, 6.07) is 6.03. The first-order valence-electron chi connectivity index (χ1n) is 6.70. The van der Waals surface area contributed by atoms with E-state index in [1.807, 2.05) is 17.9 Å². The molecule has 0 aromatic heterocycles. The maximum Gasteiger partial charge on any atom is 0.311 e. The van der Waals surface area contributed by atoms with Gasteiger partial charge >= 0.3 is 5.97 Å². The number of hydrogen-bond acceptors (Lipinski definition) is 3. The lowest BCUT2D eigenvalue weighted by atomic mass is 9.77. The van der Waals surface area contributed by atoms with Crippen LogP contribution in [0.2, 0.25) is 0 Å². The van der Waals surface area contributed by atoms with Crippen molar-refractivity contribution >= 4 is 11.7 Å². The summed E-state index contributed by atoms with van der Waals surface area (Å²) >= 11 is 0. The molecule has 4 nitrogen and oxygen atoms in total. The minimum atomic E-state index is -0.801. The summed E-state index contributed by atoms with van der Waals surface area (Å²) in [5.41, 5.74) is 0.0919. The third-order valence-corrected chi connectivity index (χ3v) is 4.13. The predicted molar refractivity (Wildman–Crippen MR) is 72.9 cm³/mol. The second-order valence-corrected chi connectivity index (χ2v) is 5.24. The first-order chi connectivity index (χ1) is 9.52. The molecule has 2 rings (SSSR count). The summed E-state index contributed by atoms with van der Waals surface area (Å²) in [4.78, 5) is 13.4. The number of nitrogens with zero attached hydrogens (tertiary/aromatic N) is 2. The van der Waals surface area contributed by atoms with E-state index in [0.717, 1.165) is 6.42 Å². The Kier molecular flexibility index (Phi) is 3.93. The van der Waals surface area contributed by atoms with E-state index in [-0.39, 0.29) is 5.56 Å². The average molecular weight is 276 g/mol. The van der Waals surface area contributed by atoms with Crippen LogP contribution in [-0.2, 0) is 4.79 Å². The third-order valence-electron chi connectivity index (χ3n) is 4.13. The Bertz CT molecular complexity index is 567. The Balaban J connectivity index is 2.35.